The molecule has 0 aliphatic heterocycles. The van der Waals surface area contributed by atoms with E-state index in [-0.39, 0.29) is 28.4 Å². The molecule has 166 valence electrons. The predicted molar refractivity (Wildman–Crippen MR) is 119 cm³/mol. The molecule has 1 aromatic heterocycles. The molecule has 0 spiro atoms. The van der Waals surface area contributed by atoms with Crippen LogP contribution in [0.3, 0.4) is 0 Å². The lowest BCUT2D eigenvalue weighted by molar-refractivity contribution is -0.138. The lowest BCUT2D eigenvalue weighted by Gasteiger charge is -2.18. The summed E-state index contributed by atoms with van der Waals surface area (Å²) in [5.74, 6) is 0.627. The molecule has 0 atom stereocenters. The Hall–Kier alpha value is -2.99. The van der Waals surface area contributed by atoms with Crippen LogP contribution in [0.2, 0.25) is 5.02 Å². The van der Waals surface area contributed by atoms with Gasteiger partial charge in [0.25, 0.3) is 0 Å². The summed E-state index contributed by atoms with van der Waals surface area (Å²) in [6.07, 6.45) is -4.46. The molecule has 3 nitrogen and oxygen atoms in total. The number of oxazole rings is 1. The maximum absolute atomic E-state index is 13.2. The normalized spacial score (nSPS) is 12.3. The highest BCUT2D eigenvalue weighted by Crippen LogP contribution is 2.35. The van der Waals surface area contributed by atoms with Gasteiger partial charge in [0.05, 0.1) is 10.6 Å². The quantitative estimate of drug-likeness (QED) is 0.309. The highest BCUT2D eigenvalue weighted by molar-refractivity contribution is 6.32. The number of hydrogen-bond acceptors (Lipinski definition) is 3. The Balaban J connectivity index is 1.63. The third-order valence-corrected chi connectivity index (χ3v) is 5.45. The number of nitrogens with zero attached hydrogens (tertiary/aromatic N) is 1. The van der Waals surface area contributed by atoms with Gasteiger partial charge in [0.2, 0.25) is 5.89 Å². The molecular weight excluding hydrogens is 439 g/mol. The van der Waals surface area contributed by atoms with Crippen molar-refractivity contribution < 1.29 is 22.3 Å². The lowest BCUT2D eigenvalue weighted by Crippen LogP contribution is -2.10. The van der Waals surface area contributed by atoms with E-state index in [1.807, 2.05) is 18.2 Å². The van der Waals surface area contributed by atoms with Crippen molar-refractivity contribution in [1.29, 1.82) is 0 Å². The van der Waals surface area contributed by atoms with Crippen molar-refractivity contribution >= 4 is 22.7 Å². The Morgan fingerprint density at radius 3 is 2.44 bits per heavy atom. The van der Waals surface area contributed by atoms with Crippen molar-refractivity contribution in [2.75, 3.05) is 0 Å². The summed E-state index contributed by atoms with van der Waals surface area (Å²) < 4.78 is 51.3. The number of rotatable bonds is 4. The van der Waals surface area contributed by atoms with Crippen LogP contribution in [0.5, 0.6) is 5.75 Å². The Bertz CT molecular complexity index is 1270. The fourth-order valence-electron chi connectivity index (χ4n) is 3.34. The number of fused-ring (bicyclic) bond motifs is 1. The molecular formula is C25H21ClF3NO2. The van der Waals surface area contributed by atoms with E-state index in [0.29, 0.717) is 22.6 Å². The summed E-state index contributed by atoms with van der Waals surface area (Å²) in [6.45, 7) is 6.07. The van der Waals surface area contributed by atoms with E-state index < -0.39 is 11.7 Å². The van der Waals surface area contributed by atoms with Crippen LogP contribution in [0.4, 0.5) is 13.2 Å². The average molecular weight is 460 g/mol. The van der Waals surface area contributed by atoms with Gasteiger partial charge in [0.1, 0.15) is 17.9 Å². The molecule has 0 saturated carbocycles. The Morgan fingerprint density at radius 2 is 1.72 bits per heavy atom. The zero-order chi connectivity index (χ0) is 23.1. The SMILES string of the molecule is CC(C)(C)c1ccc2nc(-c3ccc(Cl)c(OCc4ccccc4C(F)(F)F)c3)oc2c1. The van der Waals surface area contributed by atoms with Gasteiger partial charge in [0.15, 0.2) is 5.58 Å². The van der Waals surface area contributed by atoms with Gasteiger partial charge in [-0.1, -0.05) is 56.6 Å². The maximum atomic E-state index is 13.2. The highest BCUT2D eigenvalue weighted by atomic mass is 35.5. The topological polar surface area (TPSA) is 35.3 Å². The number of hydrogen-bond donors (Lipinski definition) is 0. The first-order valence-corrected chi connectivity index (χ1v) is 10.4. The molecule has 0 fully saturated rings. The van der Waals surface area contributed by atoms with Crippen LogP contribution in [0.15, 0.2) is 65.1 Å². The lowest BCUT2D eigenvalue weighted by atomic mass is 9.87. The molecule has 1 heterocycles. The molecule has 0 aliphatic carbocycles. The molecule has 7 heteroatoms. The first-order valence-electron chi connectivity index (χ1n) is 10.0. The Morgan fingerprint density at radius 1 is 0.969 bits per heavy atom. The molecule has 3 aromatic carbocycles. The van der Waals surface area contributed by atoms with Gasteiger partial charge in [-0.2, -0.15) is 13.2 Å². The minimum absolute atomic E-state index is 0.0260. The van der Waals surface area contributed by atoms with E-state index >= 15 is 0 Å². The molecule has 4 aromatic rings. The van der Waals surface area contributed by atoms with Crippen LogP contribution >= 0.6 is 11.6 Å². The molecule has 0 aliphatic rings. The van der Waals surface area contributed by atoms with Crippen LogP contribution in [0.1, 0.15) is 37.5 Å². The van der Waals surface area contributed by atoms with Crippen LogP contribution in [-0.4, -0.2) is 4.98 Å². The number of halogens is 4. The van der Waals surface area contributed by atoms with E-state index in [1.54, 1.807) is 18.2 Å². The van der Waals surface area contributed by atoms with Crippen molar-refractivity contribution in [2.45, 2.75) is 39.0 Å². The van der Waals surface area contributed by atoms with Crippen molar-refractivity contribution in [3.05, 3.63) is 82.4 Å². The van der Waals surface area contributed by atoms with Gasteiger partial charge in [-0.25, -0.2) is 4.98 Å². The zero-order valence-corrected chi connectivity index (χ0v) is 18.5. The average Bonchev–Trinajstić information content (AvgIpc) is 3.15. The van der Waals surface area contributed by atoms with Crippen molar-refractivity contribution in [3.63, 3.8) is 0 Å². The second kappa shape index (κ2) is 8.17. The molecule has 0 unspecified atom stereocenters. The van der Waals surface area contributed by atoms with E-state index in [9.17, 15) is 13.2 Å². The molecule has 0 radical (unpaired) electrons. The molecule has 0 bridgehead atoms. The van der Waals surface area contributed by atoms with E-state index in [4.69, 9.17) is 20.8 Å². The molecule has 32 heavy (non-hydrogen) atoms. The smallest absolute Gasteiger partial charge is 0.416 e. The first kappa shape index (κ1) is 22.2. The minimum atomic E-state index is -4.46. The maximum Gasteiger partial charge on any atom is 0.416 e. The summed E-state index contributed by atoms with van der Waals surface area (Å²) in [7, 11) is 0. The zero-order valence-electron chi connectivity index (χ0n) is 17.8. The van der Waals surface area contributed by atoms with Gasteiger partial charge in [0, 0.05) is 11.1 Å². The van der Waals surface area contributed by atoms with Gasteiger partial charge in [-0.05, 0) is 47.4 Å². The largest absolute Gasteiger partial charge is 0.487 e. The number of aromatic nitrogens is 1. The molecule has 4 rings (SSSR count). The third-order valence-electron chi connectivity index (χ3n) is 5.14. The molecule has 0 amide bonds. The van der Waals surface area contributed by atoms with Gasteiger partial charge in [-0.3, -0.25) is 0 Å². The highest BCUT2D eigenvalue weighted by Gasteiger charge is 2.33. The third kappa shape index (κ3) is 4.60. The van der Waals surface area contributed by atoms with Crippen molar-refractivity contribution in [1.82, 2.24) is 4.98 Å². The van der Waals surface area contributed by atoms with E-state index in [1.165, 1.54) is 18.2 Å². The van der Waals surface area contributed by atoms with Crippen molar-refractivity contribution in [2.24, 2.45) is 0 Å². The van der Waals surface area contributed by atoms with E-state index in [2.05, 4.69) is 25.8 Å². The second-order valence-corrected chi connectivity index (χ2v) is 8.95. The standard InChI is InChI=1S/C25H21ClF3NO2/c1-24(2,3)17-9-11-20-22(13-17)32-23(30-20)15-8-10-19(26)21(12-15)31-14-16-6-4-5-7-18(16)25(27,28)29/h4-13H,14H2,1-3H3. The Labute approximate surface area is 188 Å². The second-order valence-electron chi connectivity index (χ2n) is 8.54. The Kier molecular flexibility index (Phi) is 5.67. The van der Waals surface area contributed by atoms with Crippen molar-refractivity contribution in [3.8, 4) is 17.2 Å². The number of alkyl halides is 3. The van der Waals surface area contributed by atoms with Crippen LogP contribution in [-0.2, 0) is 18.2 Å². The minimum Gasteiger partial charge on any atom is -0.487 e. The fraction of sp³-hybridized carbons (Fsp3) is 0.240. The summed E-state index contributed by atoms with van der Waals surface area (Å²) in [5.41, 5.74) is 2.36. The molecule has 0 N–H and O–H groups in total. The summed E-state index contributed by atoms with van der Waals surface area (Å²) in [4.78, 5) is 4.53. The number of ether oxygens (including phenoxy) is 1. The van der Waals surface area contributed by atoms with Crippen LogP contribution in [0.25, 0.3) is 22.6 Å². The van der Waals surface area contributed by atoms with Gasteiger partial charge < -0.3 is 9.15 Å². The fourth-order valence-corrected chi connectivity index (χ4v) is 3.51. The molecule has 0 saturated heterocycles. The van der Waals surface area contributed by atoms with Gasteiger partial charge >= 0.3 is 6.18 Å². The summed E-state index contributed by atoms with van der Waals surface area (Å²) >= 11 is 6.23. The number of benzene rings is 3. The van der Waals surface area contributed by atoms with E-state index in [0.717, 1.165) is 11.6 Å². The van der Waals surface area contributed by atoms with Crippen LogP contribution in [0, 0.1) is 0 Å². The first-order chi connectivity index (χ1) is 15.0. The predicted octanol–water partition coefficient (Wildman–Crippen LogP) is 8.04. The summed E-state index contributed by atoms with van der Waals surface area (Å²) in [5, 5.41) is 0.282. The van der Waals surface area contributed by atoms with Crippen LogP contribution < -0.4 is 4.74 Å². The van der Waals surface area contributed by atoms with Gasteiger partial charge in [-0.15, -0.1) is 0 Å². The monoisotopic (exact) mass is 459 g/mol. The summed E-state index contributed by atoms with van der Waals surface area (Å²) in [6, 6.07) is 16.1.